The van der Waals surface area contributed by atoms with Crippen LogP contribution in [0.15, 0.2) is 16.6 Å². The van der Waals surface area contributed by atoms with E-state index in [0.717, 1.165) is 8.04 Å². The van der Waals surface area contributed by atoms with Gasteiger partial charge in [-0.2, -0.15) is 0 Å². The summed E-state index contributed by atoms with van der Waals surface area (Å²) in [5.74, 6) is -0.429. The number of benzene rings is 1. The largest absolute Gasteiger partial charge is 0.465 e. The van der Waals surface area contributed by atoms with E-state index in [0.29, 0.717) is 10.6 Å². The number of esters is 1. The Bertz CT molecular complexity index is 354. The van der Waals surface area contributed by atoms with Gasteiger partial charge in [0.1, 0.15) is 0 Å². The fourth-order valence-corrected chi connectivity index (χ4v) is 1.99. The molecule has 1 aromatic carbocycles. The van der Waals surface area contributed by atoms with Crippen molar-refractivity contribution < 1.29 is 9.53 Å². The van der Waals surface area contributed by atoms with E-state index in [1.165, 1.54) is 7.11 Å². The van der Waals surface area contributed by atoms with Crippen LogP contribution in [0.2, 0.25) is 5.02 Å². The molecule has 0 N–H and O–H groups in total. The van der Waals surface area contributed by atoms with Crippen LogP contribution in [0.25, 0.3) is 0 Å². The van der Waals surface area contributed by atoms with Crippen molar-refractivity contribution in [3.8, 4) is 0 Å². The van der Waals surface area contributed by atoms with E-state index in [-0.39, 0.29) is 0 Å². The minimum absolute atomic E-state index is 0.372. The van der Waals surface area contributed by atoms with Crippen LogP contribution in [-0.2, 0) is 4.74 Å². The third kappa shape index (κ3) is 2.35. The van der Waals surface area contributed by atoms with Gasteiger partial charge in [0, 0.05) is 3.57 Å². The molecule has 5 heteroatoms. The maximum atomic E-state index is 11.2. The molecule has 0 amide bonds. The number of rotatable bonds is 1. The summed E-state index contributed by atoms with van der Waals surface area (Å²) < 4.78 is 6.24. The number of halogens is 3. The topological polar surface area (TPSA) is 26.3 Å². The van der Waals surface area contributed by atoms with Crippen molar-refractivity contribution in [1.29, 1.82) is 0 Å². The molecule has 0 aromatic heterocycles. The van der Waals surface area contributed by atoms with E-state index < -0.39 is 5.97 Å². The normalized spacial score (nSPS) is 9.85. The number of carbonyl (C=O) groups excluding carboxylic acids is 1. The van der Waals surface area contributed by atoms with Crippen LogP contribution in [0.5, 0.6) is 0 Å². The number of hydrogen-bond donors (Lipinski definition) is 0. The van der Waals surface area contributed by atoms with E-state index in [4.69, 9.17) is 11.6 Å². The maximum absolute atomic E-state index is 11.2. The Balaban J connectivity index is 3.26. The molecule has 0 spiro atoms. The van der Waals surface area contributed by atoms with Gasteiger partial charge < -0.3 is 4.74 Å². The first-order valence-electron chi connectivity index (χ1n) is 3.29. The second kappa shape index (κ2) is 4.61. The standard InChI is InChI=1S/C8H5BrClIO2/c1-13-8(12)4-2-3-5(11)6(9)7(4)10/h2-3H,1H3. The summed E-state index contributed by atoms with van der Waals surface area (Å²) in [7, 11) is 1.32. The Kier molecular flexibility index (Phi) is 4.00. The van der Waals surface area contributed by atoms with Crippen LogP contribution in [-0.4, -0.2) is 13.1 Å². The van der Waals surface area contributed by atoms with Gasteiger partial charge in [0.15, 0.2) is 0 Å². The molecule has 0 saturated heterocycles. The van der Waals surface area contributed by atoms with Crippen molar-refractivity contribution in [2.24, 2.45) is 0 Å². The molecule has 0 heterocycles. The number of ether oxygens (including phenoxy) is 1. The molecule has 0 aliphatic rings. The van der Waals surface area contributed by atoms with Crippen LogP contribution in [0, 0.1) is 3.57 Å². The average molecular weight is 375 g/mol. The molecule has 70 valence electrons. The summed E-state index contributed by atoms with van der Waals surface area (Å²) in [5.41, 5.74) is 0.372. The van der Waals surface area contributed by atoms with E-state index in [2.05, 4.69) is 43.3 Å². The van der Waals surface area contributed by atoms with Gasteiger partial charge in [-0.15, -0.1) is 0 Å². The minimum atomic E-state index is -0.429. The first-order chi connectivity index (χ1) is 6.07. The zero-order valence-electron chi connectivity index (χ0n) is 6.61. The molecular formula is C8H5BrClIO2. The Morgan fingerprint density at radius 2 is 2.23 bits per heavy atom. The Labute approximate surface area is 103 Å². The zero-order valence-corrected chi connectivity index (χ0v) is 11.1. The third-order valence-electron chi connectivity index (χ3n) is 1.44. The van der Waals surface area contributed by atoms with Crippen LogP contribution in [0.3, 0.4) is 0 Å². The number of carbonyl (C=O) groups is 1. The number of methoxy groups -OCH3 is 1. The first kappa shape index (κ1) is 11.3. The summed E-state index contributed by atoms with van der Waals surface area (Å²) in [6.45, 7) is 0. The lowest BCUT2D eigenvalue weighted by Gasteiger charge is -2.04. The fraction of sp³-hybridized carbons (Fsp3) is 0.125. The van der Waals surface area contributed by atoms with E-state index in [1.807, 2.05) is 0 Å². The quantitative estimate of drug-likeness (QED) is 0.427. The van der Waals surface area contributed by atoms with Gasteiger partial charge >= 0.3 is 5.97 Å². The molecular weight excluding hydrogens is 370 g/mol. The minimum Gasteiger partial charge on any atom is -0.465 e. The van der Waals surface area contributed by atoms with Crippen molar-refractivity contribution in [3.05, 3.63) is 30.8 Å². The predicted molar refractivity (Wildman–Crippen MR) is 63.2 cm³/mol. The van der Waals surface area contributed by atoms with Gasteiger partial charge in [-0.05, 0) is 50.7 Å². The summed E-state index contributed by atoms with van der Waals surface area (Å²) in [6.07, 6.45) is 0. The van der Waals surface area contributed by atoms with E-state index >= 15 is 0 Å². The molecule has 0 saturated carbocycles. The van der Waals surface area contributed by atoms with Gasteiger partial charge in [-0.25, -0.2) is 4.79 Å². The average Bonchev–Trinajstić information content (AvgIpc) is 2.13. The lowest BCUT2D eigenvalue weighted by molar-refractivity contribution is 0.0601. The van der Waals surface area contributed by atoms with Crippen LogP contribution in [0.1, 0.15) is 10.4 Å². The second-order valence-electron chi connectivity index (χ2n) is 2.21. The molecule has 0 radical (unpaired) electrons. The molecule has 0 aliphatic carbocycles. The molecule has 1 aromatic rings. The second-order valence-corrected chi connectivity index (χ2v) is 4.55. The van der Waals surface area contributed by atoms with E-state index in [1.54, 1.807) is 12.1 Å². The van der Waals surface area contributed by atoms with Crippen LogP contribution < -0.4 is 0 Å². The van der Waals surface area contributed by atoms with Crippen molar-refractivity contribution in [1.82, 2.24) is 0 Å². The summed E-state index contributed by atoms with van der Waals surface area (Å²) in [4.78, 5) is 11.2. The van der Waals surface area contributed by atoms with Gasteiger partial charge in [0.05, 0.1) is 22.2 Å². The van der Waals surface area contributed by atoms with E-state index in [9.17, 15) is 4.79 Å². The smallest absolute Gasteiger partial charge is 0.339 e. The van der Waals surface area contributed by atoms with Crippen LogP contribution in [0.4, 0.5) is 0 Å². The molecule has 0 fully saturated rings. The zero-order chi connectivity index (χ0) is 10.0. The molecule has 0 aliphatic heterocycles. The summed E-state index contributed by atoms with van der Waals surface area (Å²) in [6, 6.07) is 3.43. The Morgan fingerprint density at radius 3 is 2.77 bits per heavy atom. The van der Waals surface area contributed by atoms with Gasteiger partial charge in [0.25, 0.3) is 0 Å². The van der Waals surface area contributed by atoms with Crippen molar-refractivity contribution >= 4 is 56.1 Å². The molecule has 0 unspecified atom stereocenters. The van der Waals surface area contributed by atoms with Gasteiger partial charge in [-0.1, -0.05) is 11.6 Å². The highest BCUT2D eigenvalue weighted by atomic mass is 127. The summed E-state index contributed by atoms with van der Waals surface area (Å²) >= 11 is 11.3. The lowest BCUT2D eigenvalue weighted by atomic mass is 10.2. The molecule has 0 bridgehead atoms. The maximum Gasteiger partial charge on any atom is 0.339 e. The summed E-state index contributed by atoms with van der Waals surface area (Å²) in [5, 5.41) is 0.388. The highest BCUT2D eigenvalue weighted by molar-refractivity contribution is 14.1. The number of hydrogen-bond acceptors (Lipinski definition) is 2. The van der Waals surface area contributed by atoms with Crippen molar-refractivity contribution in [2.45, 2.75) is 0 Å². The third-order valence-corrected chi connectivity index (χ3v) is 4.53. The fourth-order valence-electron chi connectivity index (χ4n) is 0.794. The van der Waals surface area contributed by atoms with Crippen molar-refractivity contribution in [2.75, 3.05) is 7.11 Å². The van der Waals surface area contributed by atoms with Gasteiger partial charge in [0.2, 0.25) is 0 Å². The first-order valence-corrected chi connectivity index (χ1v) is 5.54. The molecule has 1 rings (SSSR count). The molecule has 13 heavy (non-hydrogen) atoms. The molecule has 0 atom stereocenters. The molecule has 2 nitrogen and oxygen atoms in total. The predicted octanol–water partition coefficient (Wildman–Crippen LogP) is 3.49. The van der Waals surface area contributed by atoms with Crippen molar-refractivity contribution in [3.63, 3.8) is 0 Å². The lowest BCUT2D eigenvalue weighted by Crippen LogP contribution is -2.02. The highest BCUT2D eigenvalue weighted by Crippen LogP contribution is 2.31. The Hall–Kier alpha value is 0.190. The highest BCUT2D eigenvalue weighted by Gasteiger charge is 2.14. The Morgan fingerprint density at radius 1 is 1.62 bits per heavy atom. The SMILES string of the molecule is COC(=O)c1ccc(I)c(Br)c1Cl. The van der Waals surface area contributed by atoms with Crippen LogP contribution >= 0.6 is 50.1 Å². The monoisotopic (exact) mass is 374 g/mol. The van der Waals surface area contributed by atoms with Gasteiger partial charge in [-0.3, -0.25) is 0 Å².